The summed E-state index contributed by atoms with van der Waals surface area (Å²) in [6.45, 7) is 6.62. The number of nitrogens with zero attached hydrogens (tertiary/aromatic N) is 4. The first-order chi connectivity index (χ1) is 8.32. The highest BCUT2D eigenvalue weighted by molar-refractivity contribution is 5.68. The van der Waals surface area contributed by atoms with Crippen molar-refractivity contribution in [3.05, 3.63) is 10.4 Å². The third-order valence-electron chi connectivity index (χ3n) is 2.82. The van der Waals surface area contributed by atoms with Gasteiger partial charge in [0, 0.05) is 18.6 Å². The SMILES string of the molecule is CO[C@@]1(CN=[N+]=[N-])CCN(C(=O)OC(C)(C)C)C1. The Morgan fingerprint density at radius 2 is 2.22 bits per heavy atom. The summed E-state index contributed by atoms with van der Waals surface area (Å²) in [5.41, 5.74) is 7.27. The van der Waals surface area contributed by atoms with E-state index in [1.54, 1.807) is 12.0 Å². The highest BCUT2D eigenvalue weighted by atomic mass is 16.6. The molecule has 0 spiro atoms. The molecule has 7 nitrogen and oxygen atoms in total. The minimum Gasteiger partial charge on any atom is -0.444 e. The number of rotatable bonds is 3. The maximum absolute atomic E-state index is 11.9. The van der Waals surface area contributed by atoms with E-state index in [9.17, 15) is 4.79 Å². The Bertz CT molecular complexity index is 360. The lowest BCUT2D eigenvalue weighted by Gasteiger charge is -2.27. The third kappa shape index (κ3) is 3.78. The summed E-state index contributed by atoms with van der Waals surface area (Å²) in [6.07, 6.45) is 0.282. The summed E-state index contributed by atoms with van der Waals surface area (Å²) in [5, 5.41) is 3.54. The lowest BCUT2D eigenvalue weighted by molar-refractivity contribution is -0.00366. The van der Waals surface area contributed by atoms with Crippen LogP contribution in [0.3, 0.4) is 0 Å². The van der Waals surface area contributed by atoms with Crippen LogP contribution >= 0.6 is 0 Å². The molecule has 0 N–H and O–H groups in total. The van der Waals surface area contributed by atoms with Crippen molar-refractivity contribution in [2.75, 3.05) is 26.7 Å². The minimum absolute atomic E-state index is 0.222. The molecule has 1 aliphatic rings. The number of amides is 1. The summed E-state index contributed by atoms with van der Waals surface area (Å²) in [4.78, 5) is 16.2. The molecule has 0 aromatic carbocycles. The molecule has 1 fully saturated rings. The largest absolute Gasteiger partial charge is 0.444 e. The van der Waals surface area contributed by atoms with E-state index in [1.807, 2.05) is 20.8 Å². The standard InChI is InChI=1S/C11H20N4O3/c1-10(2,3)18-9(16)15-6-5-11(8-15,17-4)7-13-14-12/h5-8H2,1-4H3/t11-/m1/s1. The molecule has 0 aromatic heterocycles. The molecule has 7 heteroatoms. The first-order valence-electron chi connectivity index (χ1n) is 5.86. The van der Waals surface area contributed by atoms with Crippen LogP contribution in [0.1, 0.15) is 27.2 Å². The van der Waals surface area contributed by atoms with Gasteiger partial charge in [0.25, 0.3) is 0 Å². The second-order valence-corrected chi connectivity index (χ2v) is 5.43. The van der Waals surface area contributed by atoms with Gasteiger partial charge in [-0.25, -0.2) is 4.79 Å². The second-order valence-electron chi connectivity index (χ2n) is 5.43. The average molecular weight is 256 g/mol. The van der Waals surface area contributed by atoms with Gasteiger partial charge in [0.15, 0.2) is 0 Å². The number of hydrogen-bond donors (Lipinski definition) is 0. The predicted octanol–water partition coefficient (Wildman–Crippen LogP) is 2.32. The van der Waals surface area contributed by atoms with Crippen LogP contribution in [0, 0.1) is 0 Å². The van der Waals surface area contributed by atoms with Crippen LogP contribution in [-0.4, -0.2) is 48.9 Å². The smallest absolute Gasteiger partial charge is 0.410 e. The Morgan fingerprint density at radius 3 is 2.72 bits per heavy atom. The van der Waals surface area contributed by atoms with Gasteiger partial charge in [-0.05, 0) is 32.7 Å². The first kappa shape index (κ1) is 14.6. The highest BCUT2D eigenvalue weighted by Gasteiger charge is 2.41. The molecular weight excluding hydrogens is 236 g/mol. The zero-order valence-corrected chi connectivity index (χ0v) is 11.3. The number of carbonyl (C=O) groups is 1. The quantitative estimate of drug-likeness (QED) is 0.441. The Kier molecular flexibility index (Phi) is 4.43. The van der Waals surface area contributed by atoms with Crippen molar-refractivity contribution in [1.29, 1.82) is 0 Å². The minimum atomic E-state index is -0.580. The van der Waals surface area contributed by atoms with Gasteiger partial charge in [-0.15, -0.1) is 0 Å². The summed E-state index contributed by atoms with van der Waals surface area (Å²) in [5.74, 6) is 0. The van der Waals surface area contributed by atoms with E-state index in [4.69, 9.17) is 15.0 Å². The molecule has 0 saturated carbocycles. The van der Waals surface area contributed by atoms with Gasteiger partial charge in [0.2, 0.25) is 0 Å². The summed E-state index contributed by atoms with van der Waals surface area (Å²) in [7, 11) is 1.56. The highest BCUT2D eigenvalue weighted by Crippen LogP contribution is 2.26. The molecule has 0 aromatic rings. The molecule has 18 heavy (non-hydrogen) atoms. The van der Waals surface area contributed by atoms with Crippen LogP contribution in [0.15, 0.2) is 5.11 Å². The molecule has 102 valence electrons. The van der Waals surface area contributed by atoms with Crippen molar-refractivity contribution in [3.63, 3.8) is 0 Å². The van der Waals surface area contributed by atoms with Gasteiger partial charge in [0.1, 0.15) is 5.60 Å². The fourth-order valence-corrected chi connectivity index (χ4v) is 1.85. The molecule has 0 aliphatic carbocycles. The number of methoxy groups -OCH3 is 1. The summed E-state index contributed by atoms with van der Waals surface area (Å²) < 4.78 is 10.7. The topological polar surface area (TPSA) is 87.5 Å². The van der Waals surface area contributed by atoms with Crippen LogP contribution in [0.2, 0.25) is 0 Å². The van der Waals surface area contributed by atoms with E-state index < -0.39 is 11.2 Å². The molecule has 1 saturated heterocycles. The first-order valence-corrected chi connectivity index (χ1v) is 5.86. The van der Waals surface area contributed by atoms with Gasteiger partial charge < -0.3 is 14.4 Å². The molecule has 1 aliphatic heterocycles. The van der Waals surface area contributed by atoms with Gasteiger partial charge >= 0.3 is 6.09 Å². The maximum Gasteiger partial charge on any atom is 0.410 e. The molecule has 1 amide bonds. The normalized spacial score (nSPS) is 23.7. The van der Waals surface area contributed by atoms with E-state index in [1.165, 1.54) is 0 Å². The lowest BCUT2D eigenvalue weighted by atomic mass is 10.0. The fraction of sp³-hybridized carbons (Fsp3) is 0.909. The molecule has 1 atom stereocenters. The van der Waals surface area contributed by atoms with Crippen LogP contribution in [0.5, 0.6) is 0 Å². The van der Waals surface area contributed by atoms with Gasteiger partial charge in [-0.2, -0.15) is 0 Å². The van der Waals surface area contributed by atoms with E-state index >= 15 is 0 Å². The molecule has 0 unspecified atom stereocenters. The average Bonchev–Trinajstić information content (AvgIpc) is 2.69. The number of likely N-dealkylation sites (tertiary alicyclic amines) is 1. The van der Waals surface area contributed by atoms with Crippen LogP contribution in [-0.2, 0) is 9.47 Å². The van der Waals surface area contributed by atoms with Crippen molar-refractivity contribution < 1.29 is 14.3 Å². The van der Waals surface area contributed by atoms with E-state index in [2.05, 4.69) is 10.0 Å². The second kappa shape index (κ2) is 5.46. The lowest BCUT2D eigenvalue weighted by Crippen LogP contribution is -2.41. The van der Waals surface area contributed by atoms with Crippen molar-refractivity contribution in [2.24, 2.45) is 5.11 Å². The number of hydrogen-bond acceptors (Lipinski definition) is 4. The van der Waals surface area contributed by atoms with Gasteiger partial charge in [-0.1, -0.05) is 5.11 Å². The van der Waals surface area contributed by atoms with Crippen molar-refractivity contribution in [3.8, 4) is 0 Å². The van der Waals surface area contributed by atoms with Crippen LogP contribution < -0.4 is 0 Å². The van der Waals surface area contributed by atoms with Crippen LogP contribution in [0.25, 0.3) is 10.4 Å². The molecule has 1 rings (SSSR count). The third-order valence-corrected chi connectivity index (χ3v) is 2.82. The fourth-order valence-electron chi connectivity index (χ4n) is 1.85. The monoisotopic (exact) mass is 256 g/mol. The summed E-state index contributed by atoms with van der Waals surface area (Å²) in [6, 6.07) is 0. The number of carbonyl (C=O) groups excluding carboxylic acids is 1. The van der Waals surface area contributed by atoms with E-state index in [0.29, 0.717) is 19.5 Å². The molecule has 0 radical (unpaired) electrons. The Morgan fingerprint density at radius 1 is 1.56 bits per heavy atom. The van der Waals surface area contributed by atoms with Crippen LogP contribution in [0.4, 0.5) is 4.79 Å². The molecule has 0 bridgehead atoms. The van der Waals surface area contributed by atoms with Crippen molar-refractivity contribution >= 4 is 6.09 Å². The van der Waals surface area contributed by atoms with Gasteiger partial charge in [-0.3, -0.25) is 0 Å². The predicted molar refractivity (Wildman–Crippen MR) is 66.2 cm³/mol. The Labute approximate surface area is 107 Å². The zero-order valence-electron chi connectivity index (χ0n) is 11.3. The Hall–Kier alpha value is -1.46. The Balaban J connectivity index is 2.63. The van der Waals surface area contributed by atoms with Gasteiger partial charge in [0.05, 0.1) is 18.7 Å². The molecular formula is C11H20N4O3. The van der Waals surface area contributed by atoms with E-state index in [0.717, 1.165) is 0 Å². The zero-order chi connectivity index (χ0) is 13.8. The maximum atomic E-state index is 11.9. The number of azide groups is 1. The van der Waals surface area contributed by atoms with Crippen molar-refractivity contribution in [2.45, 2.75) is 38.4 Å². The molecule has 1 heterocycles. The van der Waals surface area contributed by atoms with E-state index in [-0.39, 0.29) is 12.6 Å². The van der Waals surface area contributed by atoms with Crippen molar-refractivity contribution in [1.82, 2.24) is 4.90 Å². The number of ether oxygens (including phenoxy) is 2. The summed E-state index contributed by atoms with van der Waals surface area (Å²) >= 11 is 0.